The van der Waals surface area contributed by atoms with Gasteiger partial charge in [0.1, 0.15) is 0 Å². The van der Waals surface area contributed by atoms with Gasteiger partial charge in [-0.05, 0) is 46.5 Å². The molecular weight excluding hydrogens is 516 g/mol. The zero-order chi connectivity index (χ0) is 25.0. The van der Waals surface area contributed by atoms with Gasteiger partial charge in [0.05, 0.1) is 11.4 Å². The zero-order valence-electron chi connectivity index (χ0n) is 20.1. The lowest BCUT2D eigenvalue weighted by Crippen LogP contribution is -1.96. The molecule has 0 spiro atoms. The number of nitrogens with zero attached hydrogens (tertiary/aromatic N) is 2. The van der Waals surface area contributed by atoms with Crippen molar-refractivity contribution >= 4 is 15.9 Å². The molecule has 5 aromatic carbocycles. The number of benzene rings is 5. The van der Waals surface area contributed by atoms with Crippen molar-refractivity contribution in [1.29, 1.82) is 0 Å². The molecule has 0 aliphatic heterocycles. The largest absolute Gasteiger partial charge is 0.228 e. The molecule has 6 aromatic rings. The van der Waals surface area contributed by atoms with Crippen LogP contribution in [0, 0.1) is 0 Å². The van der Waals surface area contributed by atoms with Crippen molar-refractivity contribution in [2.75, 3.05) is 0 Å². The molecule has 0 aliphatic rings. The Morgan fingerprint density at radius 3 is 1.51 bits per heavy atom. The van der Waals surface area contributed by atoms with E-state index in [4.69, 9.17) is 9.97 Å². The fraction of sp³-hybridized carbons (Fsp3) is 0. The van der Waals surface area contributed by atoms with Gasteiger partial charge in [-0.3, -0.25) is 0 Å². The number of hydrogen-bond acceptors (Lipinski definition) is 2. The molecule has 0 unspecified atom stereocenters. The Hall–Kier alpha value is -4.34. The Kier molecular flexibility index (Phi) is 6.45. The second-order valence-electron chi connectivity index (χ2n) is 8.86. The molecule has 176 valence electrons. The van der Waals surface area contributed by atoms with Crippen LogP contribution in [0.2, 0.25) is 0 Å². The lowest BCUT2D eigenvalue weighted by Gasteiger charge is -2.11. The molecule has 6 rings (SSSR count). The van der Waals surface area contributed by atoms with E-state index < -0.39 is 0 Å². The minimum atomic E-state index is 0.710. The number of rotatable bonds is 5. The van der Waals surface area contributed by atoms with Gasteiger partial charge in [0.15, 0.2) is 5.82 Å². The summed E-state index contributed by atoms with van der Waals surface area (Å²) in [4.78, 5) is 10.0. The van der Waals surface area contributed by atoms with Crippen molar-refractivity contribution in [3.05, 3.63) is 144 Å². The van der Waals surface area contributed by atoms with Crippen molar-refractivity contribution < 1.29 is 0 Å². The van der Waals surface area contributed by atoms with E-state index in [2.05, 4.69) is 125 Å². The summed E-state index contributed by atoms with van der Waals surface area (Å²) < 4.78 is 1.07. The standard InChI is InChI=1S/C34H23BrN2/c35-31-16-8-14-29(22-31)25-17-19-27(20-18-25)34-36-32(26-11-5-2-6-12-26)23-33(37-34)30-15-7-13-28(21-30)24-9-3-1-4-10-24/h1-23H. The van der Waals surface area contributed by atoms with Crippen LogP contribution in [0.4, 0.5) is 0 Å². The molecule has 0 atom stereocenters. The lowest BCUT2D eigenvalue weighted by molar-refractivity contribution is 1.18. The van der Waals surface area contributed by atoms with Crippen molar-refractivity contribution in [3.63, 3.8) is 0 Å². The maximum Gasteiger partial charge on any atom is 0.160 e. The maximum absolute atomic E-state index is 5.03. The molecule has 0 N–H and O–H groups in total. The number of halogens is 1. The predicted molar refractivity (Wildman–Crippen MR) is 157 cm³/mol. The van der Waals surface area contributed by atoms with Crippen LogP contribution in [0.5, 0.6) is 0 Å². The SMILES string of the molecule is Brc1cccc(-c2ccc(-c3nc(-c4ccccc4)cc(-c4cccc(-c5ccccc5)c4)n3)cc2)c1. The van der Waals surface area contributed by atoms with Gasteiger partial charge in [0, 0.05) is 21.2 Å². The first-order valence-electron chi connectivity index (χ1n) is 12.2. The fourth-order valence-electron chi connectivity index (χ4n) is 4.45. The Bertz CT molecular complexity index is 1660. The van der Waals surface area contributed by atoms with E-state index in [0.29, 0.717) is 5.82 Å². The van der Waals surface area contributed by atoms with Crippen molar-refractivity contribution in [2.45, 2.75) is 0 Å². The summed E-state index contributed by atoms with van der Waals surface area (Å²) in [5.41, 5.74) is 9.59. The van der Waals surface area contributed by atoms with E-state index in [1.165, 1.54) is 11.1 Å². The minimum absolute atomic E-state index is 0.710. The molecule has 0 saturated carbocycles. The number of aromatic nitrogens is 2. The Balaban J connectivity index is 1.44. The maximum atomic E-state index is 5.03. The molecule has 2 nitrogen and oxygen atoms in total. The Labute approximate surface area is 225 Å². The van der Waals surface area contributed by atoms with Gasteiger partial charge in [0.25, 0.3) is 0 Å². The summed E-state index contributed by atoms with van der Waals surface area (Å²) in [5, 5.41) is 0. The van der Waals surface area contributed by atoms with E-state index in [-0.39, 0.29) is 0 Å². The summed E-state index contributed by atoms with van der Waals surface area (Å²) in [6.07, 6.45) is 0. The van der Waals surface area contributed by atoms with Gasteiger partial charge in [0.2, 0.25) is 0 Å². The third-order valence-electron chi connectivity index (χ3n) is 6.36. The van der Waals surface area contributed by atoms with Crippen LogP contribution in [0.1, 0.15) is 0 Å². The highest BCUT2D eigenvalue weighted by atomic mass is 79.9. The molecule has 37 heavy (non-hydrogen) atoms. The van der Waals surface area contributed by atoms with E-state index in [9.17, 15) is 0 Å². The van der Waals surface area contributed by atoms with Gasteiger partial charge >= 0.3 is 0 Å². The minimum Gasteiger partial charge on any atom is -0.228 e. The predicted octanol–water partition coefficient (Wildman–Crippen LogP) is 9.57. The van der Waals surface area contributed by atoms with Crippen LogP contribution in [0.3, 0.4) is 0 Å². The molecule has 0 saturated heterocycles. The molecule has 0 fully saturated rings. The highest BCUT2D eigenvalue weighted by Crippen LogP contribution is 2.31. The summed E-state index contributed by atoms with van der Waals surface area (Å²) >= 11 is 3.57. The van der Waals surface area contributed by atoms with Crippen molar-refractivity contribution in [2.24, 2.45) is 0 Å². The lowest BCUT2D eigenvalue weighted by atomic mass is 10.0. The second-order valence-corrected chi connectivity index (χ2v) is 9.78. The number of hydrogen-bond donors (Lipinski definition) is 0. The average Bonchev–Trinajstić information content (AvgIpc) is 2.98. The zero-order valence-corrected chi connectivity index (χ0v) is 21.6. The van der Waals surface area contributed by atoms with Gasteiger partial charge in [-0.1, -0.05) is 131 Å². The van der Waals surface area contributed by atoms with Gasteiger partial charge in [-0.2, -0.15) is 0 Å². The third-order valence-corrected chi connectivity index (χ3v) is 6.86. The van der Waals surface area contributed by atoms with Crippen molar-refractivity contribution in [1.82, 2.24) is 9.97 Å². The van der Waals surface area contributed by atoms with Gasteiger partial charge in [-0.15, -0.1) is 0 Å². The first kappa shape index (κ1) is 23.1. The summed E-state index contributed by atoms with van der Waals surface area (Å²) in [6.45, 7) is 0. The Morgan fingerprint density at radius 1 is 0.351 bits per heavy atom. The van der Waals surface area contributed by atoms with Crippen LogP contribution in [-0.2, 0) is 0 Å². The second kappa shape index (κ2) is 10.3. The van der Waals surface area contributed by atoms with Crippen LogP contribution < -0.4 is 0 Å². The first-order chi connectivity index (χ1) is 18.2. The molecule has 0 radical (unpaired) electrons. The van der Waals surface area contributed by atoms with E-state index in [0.717, 1.165) is 43.7 Å². The molecule has 1 aromatic heterocycles. The van der Waals surface area contributed by atoms with E-state index in [1.807, 2.05) is 30.3 Å². The van der Waals surface area contributed by atoms with Gasteiger partial charge < -0.3 is 0 Å². The van der Waals surface area contributed by atoms with Crippen LogP contribution in [0.25, 0.3) is 56.2 Å². The van der Waals surface area contributed by atoms with E-state index in [1.54, 1.807) is 0 Å². The third kappa shape index (κ3) is 5.13. The van der Waals surface area contributed by atoms with E-state index >= 15 is 0 Å². The quantitative estimate of drug-likeness (QED) is 0.218. The molecular formula is C34H23BrN2. The van der Waals surface area contributed by atoms with Crippen LogP contribution in [0.15, 0.2) is 144 Å². The smallest absolute Gasteiger partial charge is 0.160 e. The van der Waals surface area contributed by atoms with Crippen LogP contribution >= 0.6 is 15.9 Å². The molecule has 3 heteroatoms. The summed E-state index contributed by atoms with van der Waals surface area (Å²) in [5.74, 6) is 0.710. The highest BCUT2D eigenvalue weighted by molar-refractivity contribution is 9.10. The molecule has 1 heterocycles. The molecule has 0 amide bonds. The summed E-state index contributed by atoms with van der Waals surface area (Å²) in [7, 11) is 0. The topological polar surface area (TPSA) is 25.8 Å². The highest BCUT2D eigenvalue weighted by Gasteiger charge is 2.12. The Morgan fingerprint density at radius 2 is 0.838 bits per heavy atom. The van der Waals surface area contributed by atoms with Crippen LogP contribution in [-0.4, -0.2) is 9.97 Å². The summed E-state index contributed by atoms with van der Waals surface area (Å²) in [6, 6.07) is 48.1. The molecule has 0 aliphatic carbocycles. The molecule has 0 bridgehead atoms. The fourth-order valence-corrected chi connectivity index (χ4v) is 4.85. The van der Waals surface area contributed by atoms with Gasteiger partial charge in [-0.25, -0.2) is 9.97 Å². The normalized spacial score (nSPS) is 10.8. The first-order valence-corrected chi connectivity index (χ1v) is 13.0. The average molecular weight is 539 g/mol. The van der Waals surface area contributed by atoms with Crippen molar-refractivity contribution in [3.8, 4) is 56.2 Å². The monoisotopic (exact) mass is 538 g/mol.